The molecule has 3 nitrogen and oxygen atoms in total. The van der Waals surface area contributed by atoms with E-state index in [1.165, 1.54) is 12.1 Å². The van der Waals surface area contributed by atoms with Crippen molar-refractivity contribution >= 4 is 5.91 Å². The Kier molecular flexibility index (Phi) is 5.24. The van der Waals surface area contributed by atoms with Crippen LogP contribution < -0.4 is 0 Å². The van der Waals surface area contributed by atoms with E-state index in [0.717, 1.165) is 37.1 Å². The molecule has 1 aliphatic heterocycles. The van der Waals surface area contributed by atoms with Gasteiger partial charge in [0, 0.05) is 30.9 Å². The van der Waals surface area contributed by atoms with E-state index < -0.39 is 0 Å². The highest BCUT2D eigenvalue weighted by Gasteiger charge is 2.33. The van der Waals surface area contributed by atoms with E-state index in [1.807, 2.05) is 23.1 Å². The summed E-state index contributed by atoms with van der Waals surface area (Å²) in [7, 11) is 0. The molecule has 0 N–H and O–H groups in total. The van der Waals surface area contributed by atoms with Crippen LogP contribution in [0.1, 0.15) is 43.4 Å². The highest BCUT2D eigenvalue weighted by atomic mass is 19.1. The Balaban J connectivity index is 1.89. The normalized spacial score (nSPS) is 18.6. The van der Waals surface area contributed by atoms with Crippen molar-refractivity contribution in [2.75, 3.05) is 6.54 Å². The smallest absolute Gasteiger partial charge is 0.230 e. The van der Waals surface area contributed by atoms with E-state index in [-0.39, 0.29) is 17.6 Å². The number of carbonyl (C=O) groups is 1. The fraction of sp³-hybridized carbons (Fsp3) is 0.400. The summed E-state index contributed by atoms with van der Waals surface area (Å²) in [5, 5.41) is 0. The topological polar surface area (TPSA) is 33.2 Å². The monoisotopic (exact) mass is 326 g/mol. The molecule has 0 aliphatic carbocycles. The molecule has 0 saturated carbocycles. The maximum absolute atomic E-state index is 13.3. The molecule has 0 radical (unpaired) electrons. The van der Waals surface area contributed by atoms with Crippen LogP contribution in [0.25, 0.3) is 0 Å². The number of aromatic nitrogens is 1. The Morgan fingerprint density at radius 1 is 1.29 bits per heavy atom. The van der Waals surface area contributed by atoms with E-state index in [1.54, 1.807) is 18.3 Å². The maximum Gasteiger partial charge on any atom is 0.230 e. The lowest BCUT2D eigenvalue weighted by Crippen LogP contribution is -2.39. The first kappa shape index (κ1) is 16.6. The Morgan fingerprint density at radius 2 is 2.08 bits per heavy atom. The maximum atomic E-state index is 13.3. The van der Waals surface area contributed by atoms with Crippen LogP contribution in [0.3, 0.4) is 0 Å². The van der Waals surface area contributed by atoms with E-state index in [0.29, 0.717) is 12.5 Å². The van der Waals surface area contributed by atoms with Crippen molar-refractivity contribution in [3.63, 3.8) is 0 Å². The molecule has 2 aromatic rings. The van der Waals surface area contributed by atoms with E-state index in [2.05, 4.69) is 11.9 Å². The van der Waals surface area contributed by atoms with Gasteiger partial charge in [-0.2, -0.15) is 0 Å². The van der Waals surface area contributed by atoms with Gasteiger partial charge in [0.05, 0.1) is 5.92 Å². The number of likely N-dealkylation sites (tertiary alicyclic amines) is 1. The van der Waals surface area contributed by atoms with Crippen LogP contribution in [-0.4, -0.2) is 28.4 Å². The molecule has 2 atom stereocenters. The lowest BCUT2D eigenvalue weighted by Gasteiger charge is -2.28. The van der Waals surface area contributed by atoms with Crippen LogP contribution in [0.5, 0.6) is 0 Å². The van der Waals surface area contributed by atoms with Gasteiger partial charge in [0.25, 0.3) is 0 Å². The molecular formula is C20H23FN2O. The number of hydrogen-bond donors (Lipinski definition) is 0. The van der Waals surface area contributed by atoms with Crippen LogP contribution >= 0.6 is 0 Å². The summed E-state index contributed by atoms with van der Waals surface area (Å²) in [5.74, 6) is -0.459. The zero-order valence-electron chi connectivity index (χ0n) is 14.0. The van der Waals surface area contributed by atoms with Gasteiger partial charge in [0.15, 0.2) is 0 Å². The number of benzene rings is 1. The van der Waals surface area contributed by atoms with Crippen molar-refractivity contribution in [2.45, 2.75) is 44.6 Å². The Morgan fingerprint density at radius 3 is 2.75 bits per heavy atom. The summed E-state index contributed by atoms with van der Waals surface area (Å²) >= 11 is 0. The third-order valence-electron chi connectivity index (χ3n) is 4.84. The lowest BCUT2D eigenvalue weighted by atomic mass is 9.92. The number of halogens is 1. The van der Waals surface area contributed by atoms with Crippen molar-refractivity contribution in [1.29, 1.82) is 0 Å². The molecule has 0 bridgehead atoms. The SMILES string of the molecule is CCC1CCCN1C(=O)C(Cc1ccccn1)c1ccc(F)cc1. The van der Waals surface area contributed by atoms with Gasteiger partial charge in [0.1, 0.15) is 5.82 Å². The number of carbonyl (C=O) groups excluding carboxylic acids is 1. The first-order valence-corrected chi connectivity index (χ1v) is 8.65. The van der Waals surface area contributed by atoms with Gasteiger partial charge in [-0.15, -0.1) is 0 Å². The molecule has 3 rings (SSSR count). The lowest BCUT2D eigenvalue weighted by molar-refractivity contribution is -0.133. The van der Waals surface area contributed by atoms with Gasteiger partial charge in [-0.3, -0.25) is 9.78 Å². The number of hydrogen-bond acceptors (Lipinski definition) is 2. The van der Waals surface area contributed by atoms with Crippen molar-refractivity contribution in [3.8, 4) is 0 Å². The first-order chi connectivity index (χ1) is 11.7. The molecule has 2 heterocycles. The average molecular weight is 326 g/mol. The quantitative estimate of drug-likeness (QED) is 0.833. The molecular weight excluding hydrogens is 303 g/mol. The number of rotatable bonds is 5. The Labute approximate surface area is 142 Å². The van der Waals surface area contributed by atoms with Gasteiger partial charge < -0.3 is 4.90 Å². The zero-order valence-corrected chi connectivity index (χ0v) is 14.0. The van der Waals surface area contributed by atoms with Crippen LogP contribution in [-0.2, 0) is 11.2 Å². The van der Waals surface area contributed by atoms with Crippen LogP contribution in [0.15, 0.2) is 48.7 Å². The van der Waals surface area contributed by atoms with Gasteiger partial charge in [0.2, 0.25) is 5.91 Å². The number of nitrogens with zero attached hydrogens (tertiary/aromatic N) is 2. The van der Waals surface area contributed by atoms with Crippen molar-refractivity contribution in [2.24, 2.45) is 0 Å². The van der Waals surface area contributed by atoms with Gasteiger partial charge in [-0.25, -0.2) is 4.39 Å². The van der Waals surface area contributed by atoms with Crippen LogP contribution in [0, 0.1) is 5.82 Å². The predicted molar refractivity (Wildman–Crippen MR) is 92.1 cm³/mol. The molecule has 1 aromatic carbocycles. The summed E-state index contributed by atoms with van der Waals surface area (Å²) in [6, 6.07) is 12.3. The van der Waals surface area contributed by atoms with Crippen molar-refractivity contribution in [1.82, 2.24) is 9.88 Å². The van der Waals surface area contributed by atoms with E-state index >= 15 is 0 Å². The molecule has 1 fully saturated rings. The Bertz CT molecular complexity index is 672. The molecule has 0 spiro atoms. The molecule has 1 saturated heterocycles. The summed E-state index contributed by atoms with van der Waals surface area (Å²) in [4.78, 5) is 19.6. The standard InChI is InChI=1S/C20H23FN2O/c1-2-18-7-5-13-23(18)20(24)19(14-17-6-3-4-12-22-17)15-8-10-16(21)11-9-15/h3-4,6,8-12,18-19H,2,5,7,13-14H2,1H3. The second kappa shape index (κ2) is 7.56. The highest BCUT2D eigenvalue weighted by molar-refractivity contribution is 5.84. The molecule has 1 amide bonds. The largest absolute Gasteiger partial charge is 0.339 e. The number of amides is 1. The van der Waals surface area contributed by atoms with Gasteiger partial charge in [-0.05, 0) is 49.1 Å². The number of pyridine rings is 1. The second-order valence-electron chi connectivity index (χ2n) is 6.37. The van der Waals surface area contributed by atoms with Gasteiger partial charge >= 0.3 is 0 Å². The fourth-order valence-electron chi connectivity index (χ4n) is 3.52. The Hall–Kier alpha value is -2.23. The molecule has 2 unspecified atom stereocenters. The minimum absolute atomic E-state index is 0.136. The van der Waals surface area contributed by atoms with Crippen molar-refractivity contribution in [3.05, 3.63) is 65.7 Å². The third kappa shape index (κ3) is 3.64. The second-order valence-corrected chi connectivity index (χ2v) is 6.37. The summed E-state index contributed by atoms with van der Waals surface area (Å²) in [6.45, 7) is 2.94. The van der Waals surface area contributed by atoms with E-state index in [9.17, 15) is 9.18 Å². The molecule has 1 aliphatic rings. The van der Waals surface area contributed by atoms with E-state index in [4.69, 9.17) is 0 Å². The average Bonchev–Trinajstić information content (AvgIpc) is 3.10. The molecule has 1 aromatic heterocycles. The first-order valence-electron chi connectivity index (χ1n) is 8.65. The predicted octanol–water partition coefficient (Wildman–Crippen LogP) is 3.95. The highest BCUT2D eigenvalue weighted by Crippen LogP contribution is 2.28. The van der Waals surface area contributed by atoms with Crippen LogP contribution in [0.2, 0.25) is 0 Å². The summed E-state index contributed by atoms with van der Waals surface area (Å²) in [5.41, 5.74) is 1.74. The molecule has 24 heavy (non-hydrogen) atoms. The minimum atomic E-state index is -0.312. The van der Waals surface area contributed by atoms with Gasteiger partial charge in [-0.1, -0.05) is 25.1 Å². The fourth-order valence-corrected chi connectivity index (χ4v) is 3.52. The zero-order chi connectivity index (χ0) is 16.9. The summed E-state index contributed by atoms with van der Waals surface area (Å²) < 4.78 is 13.3. The van der Waals surface area contributed by atoms with Crippen LogP contribution in [0.4, 0.5) is 4.39 Å². The minimum Gasteiger partial charge on any atom is -0.339 e. The third-order valence-corrected chi connectivity index (χ3v) is 4.84. The molecule has 4 heteroatoms. The molecule has 126 valence electrons. The van der Waals surface area contributed by atoms with Crippen molar-refractivity contribution < 1.29 is 9.18 Å². The summed E-state index contributed by atoms with van der Waals surface area (Å²) in [6.07, 6.45) is 5.39.